The number of rotatable bonds is 7. The van der Waals surface area contributed by atoms with Crippen LogP contribution in [0, 0.1) is 17.3 Å². The van der Waals surface area contributed by atoms with Crippen LogP contribution in [-0.2, 0) is 4.79 Å². The van der Waals surface area contributed by atoms with Crippen LogP contribution in [-0.4, -0.2) is 26.0 Å². The quantitative estimate of drug-likeness (QED) is 0.733. The summed E-state index contributed by atoms with van der Waals surface area (Å²) in [4.78, 5) is 12.1. The Bertz CT molecular complexity index is 257. The summed E-state index contributed by atoms with van der Waals surface area (Å²) in [5.41, 5.74) is 0.240. The summed E-state index contributed by atoms with van der Waals surface area (Å²) in [7, 11) is 1.90. The van der Waals surface area contributed by atoms with E-state index in [0.717, 1.165) is 25.4 Å². The van der Waals surface area contributed by atoms with Crippen LogP contribution in [0.15, 0.2) is 0 Å². The smallest absolute Gasteiger partial charge is 0.224 e. The van der Waals surface area contributed by atoms with E-state index in [4.69, 9.17) is 0 Å². The van der Waals surface area contributed by atoms with Crippen molar-refractivity contribution in [1.82, 2.24) is 10.6 Å². The summed E-state index contributed by atoms with van der Waals surface area (Å²) in [5, 5.41) is 6.25. The van der Waals surface area contributed by atoms with E-state index >= 15 is 0 Å². The summed E-state index contributed by atoms with van der Waals surface area (Å²) in [6.07, 6.45) is 6.28. The highest BCUT2D eigenvalue weighted by Crippen LogP contribution is 2.39. The van der Waals surface area contributed by atoms with Gasteiger partial charge in [0, 0.05) is 13.1 Å². The van der Waals surface area contributed by atoms with Crippen molar-refractivity contribution in [2.24, 2.45) is 17.3 Å². The minimum Gasteiger partial charge on any atom is -0.355 e. The first-order valence-electron chi connectivity index (χ1n) is 7.43. The van der Waals surface area contributed by atoms with Gasteiger partial charge in [-0.05, 0) is 37.6 Å². The minimum absolute atomic E-state index is 0.106. The number of carbonyl (C=O) groups is 1. The molecule has 1 saturated carbocycles. The summed E-state index contributed by atoms with van der Waals surface area (Å²) in [5.74, 6) is 1.09. The number of amides is 1. The second-order valence-electron chi connectivity index (χ2n) is 6.35. The molecule has 18 heavy (non-hydrogen) atoms. The predicted octanol–water partition coefficient (Wildman–Crippen LogP) is 2.56. The monoisotopic (exact) mass is 254 g/mol. The molecule has 1 aliphatic rings. The second-order valence-corrected chi connectivity index (χ2v) is 6.35. The molecule has 0 radical (unpaired) electrons. The Hall–Kier alpha value is -0.570. The predicted molar refractivity (Wildman–Crippen MR) is 76.5 cm³/mol. The first-order chi connectivity index (χ1) is 8.51. The van der Waals surface area contributed by atoms with Gasteiger partial charge < -0.3 is 10.6 Å². The fourth-order valence-corrected chi connectivity index (χ4v) is 2.98. The van der Waals surface area contributed by atoms with Crippen LogP contribution < -0.4 is 10.6 Å². The largest absolute Gasteiger partial charge is 0.355 e. The number of hydrogen-bond acceptors (Lipinski definition) is 2. The van der Waals surface area contributed by atoms with Crippen LogP contribution in [0.25, 0.3) is 0 Å². The van der Waals surface area contributed by atoms with Gasteiger partial charge in [-0.3, -0.25) is 4.79 Å². The van der Waals surface area contributed by atoms with Gasteiger partial charge >= 0.3 is 0 Å². The molecular weight excluding hydrogens is 224 g/mol. The number of nitrogens with one attached hydrogen (secondary N) is 2. The SMILES string of the molecule is CCC(CNC)C(=O)NCC(C)(C)C1CCCC1. The van der Waals surface area contributed by atoms with Crippen LogP contribution in [0.3, 0.4) is 0 Å². The normalized spacial score (nSPS) is 18.9. The molecule has 1 atom stereocenters. The average Bonchev–Trinajstić information content (AvgIpc) is 2.87. The van der Waals surface area contributed by atoms with Gasteiger partial charge in [0.15, 0.2) is 0 Å². The van der Waals surface area contributed by atoms with Crippen molar-refractivity contribution in [1.29, 1.82) is 0 Å². The molecule has 3 nitrogen and oxygen atoms in total. The molecule has 0 spiro atoms. The molecule has 0 aromatic heterocycles. The zero-order valence-electron chi connectivity index (χ0n) is 12.5. The molecular formula is C15H30N2O. The molecule has 1 aliphatic carbocycles. The van der Waals surface area contributed by atoms with E-state index in [1.807, 2.05) is 7.05 Å². The van der Waals surface area contributed by atoms with E-state index in [2.05, 4.69) is 31.4 Å². The van der Waals surface area contributed by atoms with Crippen LogP contribution in [0.2, 0.25) is 0 Å². The van der Waals surface area contributed by atoms with Crippen molar-refractivity contribution in [2.45, 2.75) is 52.9 Å². The second kappa shape index (κ2) is 7.13. The van der Waals surface area contributed by atoms with Crippen molar-refractivity contribution in [2.75, 3.05) is 20.1 Å². The maximum Gasteiger partial charge on any atom is 0.224 e. The molecule has 1 unspecified atom stereocenters. The lowest BCUT2D eigenvalue weighted by Crippen LogP contribution is -2.42. The van der Waals surface area contributed by atoms with E-state index in [1.54, 1.807) is 0 Å². The van der Waals surface area contributed by atoms with E-state index in [-0.39, 0.29) is 17.2 Å². The Morgan fingerprint density at radius 3 is 2.44 bits per heavy atom. The Morgan fingerprint density at radius 2 is 1.94 bits per heavy atom. The van der Waals surface area contributed by atoms with E-state index in [0.29, 0.717) is 0 Å². The summed E-state index contributed by atoms with van der Waals surface area (Å²) >= 11 is 0. The van der Waals surface area contributed by atoms with Crippen molar-refractivity contribution in [3.63, 3.8) is 0 Å². The van der Waals surface area contributed by atoms with Crippen LogP contribution >= 0.6 is 0 Å². The molecule has 0 aromatic carbocycles. The molecule has 2 N–H and O–H groups in total. The summed E-state index contributed by atoms with van der Waals surface area (Å²) in [6, 6.07) is 0. The number of carbonyl (C=O) groups excluding carboxylic acids is 1. The topological polar surface area (TPSA) is 41.1 Å². The Labute approximate surface area is 112 Å². The molecule has 1 fully saturated rings. The van der Waals surface area contributed by atoms with Gasteiger partial charge in [-0.25, -0.2) is 0 Å². The van der Waals surface area contributed by atoms with E-state index < -0.39 is 0 Å². The average molecular weight is 254 g/mol. The van der Waals surface area contributed by atoms with Crippen molar-refractivity contribution < 1.29 is 4.79 Å². The first-order valence-corrected chi connectivity index (χ1v) is 7.43. The van der Waals surface area contributed by atoms with Gasteiger partial charge in [-0.1, -0.05) is 33.6 Å². The highest BCUT2D eigenvalue weighted by molar-refractivity contribution is 5.78. The van der Waals surface area contributed by atoms with Gasteiger partial charge in [0.1, 0.15) is 0 Å². The van der Waals surface area contributed by atoms with E-state index in [9.17, 15) is 4.79 Å². The van der Waals surface area contributed by atoms with Gasteiger partial charge in [-0.2, -0.15) is 0 Å². The Kier molecular flexibility index (Phi) is 6.13. The van der Waals surface area contributed by atoms with Crippen LogP contribution in [0.4, 0.5) is 0 Å². The van der Waals surface area contributed by atoms with Crippen LogP contribution in [0.1, 0.15) is 52.9 Å². The lowest BCUT2D eigenvalue weighted by atomic mass is 9.77. The standard InChI is InChI=1S/C15H30N2O/c1-5-12(10-16-4)14(18)17-11-15(2,3)13-8-6-7-9-13/h12-13,16H,5-11H2,1-4H3,(H,17,18). The Balaban J connectivity index is 2.40. The third-order valence-electron chi connectivity index (χ3n) is 4.49. The lowest BCUT2D eigenvalue weighted by molar-refractivity contribution is -0.125. The molecule has 0 saturated heterocycles. The van der Waals surface area contributed by atoms with Gasteiger partial charge in [0.2, 0.25) is 5.91 Å². The first kappa shape index (κ1) is 15.5. The fourth-order valence-electron chi connectivity index (χ4n) is 2.98. The van der Waals surface area contributed by atoms with Gasteiger partial charge in [0.05, 0.1) is 5.92 Å². The van der Waals surface area contributed by atoms with Crippen LogP contribution in [0.5, 0.6) is 0 Å². The molecule has 0 aliphatic heterocycles. The molecule has 106 valence electrons. The highest BCUT2D eigenvalue weighted by atomic mass is 16.1. The zero-order chi connectivity index (χ0) is 13.6. The summed E-state index contributed by atoms with van der Waals surface area (Å²) < 4.78 is 0. The van der Waals surface area contributed by atoms with Crippen molar-refractivity contribution in [3.05, 3.63) is 0 Å². The van der Waals surface area contributed by atoms with E-state index in [1.165, 1.54) is 25.7 Å². The fraction of sp³-hybridized carbons (Fsp3) is 0.933. The third kappa shape index (κ3) is 4.27. The van der Waals surface area contributed by atoms with Gasteiger partial charge in [0.25, 0.3) is 0 Å². The molecule has 1 rings (SSSR count). The maximum absolute atomic E-state index is 12.1. The highest BCUT2D eigenvalue weighted by Gasteiger charge is 2.32. The Morgan fingerprint density at radius 1 is 1.33 bits per heavy atom. The lowest BCUT2D eigenvalue weighted by Gasteiger charge is -2.32. The van der Waals surface area contributed by atoms with Crippen molar-refractivity contribution >= 4 is 5.91 Å². The van der Waals surface area contributed by atoms with Crippen molar-refractivity contribution in [3.8, 4) is 0 Å². The minimum atomic E-state index is 0.106. The third-order valence-corrected chi connectivity index (χ3v) is 4.49. The molecule has 3 heteroatoms. The summed E-state index contributed by atoms with van der Waals surface area (Å²) in [6.45, 7) is 8.25. The number of hydrogen-bond donors (Lipinski definition) is 2. The molecule has 0 heterocycles. The van der Waals surface area contributed by atoms with Gasteiger partial charge in [-0.15, -0.1) is 0 Å². The maximum atomic E-state index is 12.1. The molecule has 1 amide bonds. The molecule has 0 bridgehead atoms. The molecule has 0 aromatic rings. The zero-order valence-corrected chi connectivity index (χ0v) is 12.5.